The Morgan fingerprint density at radius 1 is 1.22 bits per heavy atom. The van der Waals surface area contributed by atoms with Gasteiger partial charge in [-0.15, -0.1) is 0 Å². The van der Waals surface area contributed by atoms with Crippen LogP contribution < -0.4 is 10.1 Å². The van der Waals surface area contributed by atoms with Crippen LogP contribution in [0, 0.1) is 5.82 Å². The molecule has 0 spiro atoms. The van der Waals surface area contributed by atoms with Gasteiger partial charge in [0, 0.05) is 6.54 Å². The van der Waals surface area contributed by atoms with Gasteiger partial charge in [0.25, 0.3) is 5.91 Å². The molecular weight excluding hydrogens is 297 g/mol. The molecule has 0 aliphatic rings. The first-order chi connectivity index (χ1) is 11.1. The van der Waals surface area contributed by atoms with E-state index in [0.29, 0.717) is 11.3 Å². The van der Waals surface area contributed by atoms with Crippen molar-refractivity contribution in [3.8, 4) is 5.75 Å². The van der Waals surface area contributed by atoms with Crippen molar-refractivity contribution in [1.82, 2.24) is 5.32 Å². The van der Waals surface area contributed by atoms with Gasteiger partial charge < -0.3 is 15.2 Å². The Morgan fingerprint density at radius 3 is 2.61 bits per heavy atom. The second-order valence-corrected chi connectivity index (χ2v) is 5.12. The summed E-state index contributed by atoms with van der Waals surface area (Å²) in [5.74, 6) is -0.00530. The van der Waals surface area contributed by atoms with Crippen LogP contribution in [0.5, 0.6) is 5.75 Å². The van der Waals surface area contributed by atoms with Gasteiger partial charge in [0.2, 0.25) is 0 Å². The minimum Gasteiger partial charge on any atom is -0.483 e. The summed E-state index contributed by atoms with van der Waals surface area (Å²) in [6.45, 7) is 1.94. The van der Waals surface area contributed by atoms with E-state index in [1.54, 1.807) is 0 Å². The molecule has 0 aliphatic heterocycles. The van der Waals surface area contributed by atoms with Crippen LogP contribution in [0.4, 0.5) is 4.39 Å². The predicted octanol–water partition coefficient (Wildman–Crippen LogP) is 2.62. The average Bonchev–Trinajstić information content (AvgIpc) is 2.58. The van der Waals surface area contributed by atoms with Gasteiger partial charge in [-0.2, -0.15) is 0 Å². The summed E-state index contributed by atoms with van der Waals surface area (Å²) in [6.07, 6.45) is -0.0661. The van der Waals surface area contributed by atoms with Gasteiger partial charge in [-0.3, -0.25) is 4.79 Å². The van der Waals surface area contributed by atoms with E-state index in [4.69, 9.17) is 4.74 Å². The molecule has 0 fully saturated rings. The SMILES string of the molecule is CCc1ccccc1OCC(=O)NCC(O)c1ccc(F)cc1. The molecule has 2 rings (SSSR count). The highest BCUT2D eigenvalue weighted by molar-refractivity contribution is 5.77. The van der Waals surface area contributed by atoms with Gasteiger partial charge in [0.15, 0.2) is 6.61 Å². The zero-order chi connectivity index (χ0) is 16.7. The van der Waals surface area contributed by atoms with Gasteiger partial charge in [-0.25, -0.2) is 4.39 Å². The van der Waals surface area contributed by atoms with Crippen molar-refractivity contribution in [3.63, 3.8) is 0 Å². The third-order valence-electron chi connectivity index (χ3n) is 3.46. The topological polar surface area (TPSA) is 58.6 Å². The number of aliphatic hydroxyl groups excluding tert-OH is 1. The summed E-state index contributed by atoms with van der Waals surface area (Å²) >= 11 is 0. The lowest BCUT2D eigenvalue weighted by Gasteiger charge is -2.13. The second kappa shape index (κ2) is 8.29. The standard InChI is InChI=1S/C18H20FNO3/c1-2-13-5-3-4-6-17(13)23-12-18(22)20-11-16(21)14-7-9-15(19)10-8-14/h3-10,16,21H,2,11-12H2,1H3,(H,20,22). The Bertz CT molecular complexity index is 643. The Hall–Kier alpha value is -2.40. The Morgan fingerprint density at radius 2 is 1.91 bits per heavy atom. The molecule has 0 aromatic heterocycles. The fraction of sp³-hybridized carbons (Fsp3) is 0.278. The van der Waals surface area contributed by atoms with Crippen LogP contribution in [0.1, 0.15) is 24.2 Å². The fourth-order valence-corrected chi connectivity index (χ4v) is 2.14. The highest BCUT2D eigenvalue weighted by Gasteiger charge is 2.10. The maximum atomic E-state index is 12.8. The first kappa shape index (κ1) is 17.0. The molecule has 0 bridgehead atoms. The molecule has 0 radical (unpaired) electrons. The van der Waals surface area contributed by atoms with Crippen molar-refractivity contribution in [2.75, 3.05) is 13.2 Å². The van der Waals surface area contributed by atoms with E-state index in [-0.39, 0.29) is 24.9 Å². The maximum absolute atomic E-state index is 12.8. The normalized spacial score (nSPS) is 11.8. The lowest BCUT2D eigenvalue weighted by molar-refractivity contribution is -0.123. The van der Waals surface area contributed by atoms with Crippen molar-refractivity contribution < 1.29 is 19.0 Å². The van der Waals surface area contributed by atoms with Crippen molar-refractivity contribution in [3.05, 3.63) is 65.5 Å². The van der Waals surface area contributed by atoms with Crippen LogP contribution in [0.3, 0.4) is 0 Å². The molecular formula is C18H20FNO3. The van der Waals surface area contributed by atoms with E-state index < -0.39 is 6.10 Å². The van der Waals surface area contributed by atoms with Gasteiger partial charge in [-0.1, -0.05) is 37.3 Å². The zero-order valence-corrected chi connectivity index (χ0v) is 13.0. The van der Waals surface area contributed by atoms with Crippen LogP contribution in [0.25, 0.3) is 0 Å². The van der Waals surface area contributed by atoms with Crippen LogP contribution in [0.15, 0.2) is 48.5 Å². The molecule has 5 heteroatoms. The number of carbonyl (C=O) groups is 1. The number of aliphatic hydroxyl groups is 1. The zero-order valence-electron chi connectivity index (χ0n) is 13.0. The number of hydrogen-bond donors (Lipinski definition) is 2. The Kier molecular flexibility index (Phi) is 6.11. The fourth-order valence-electron chi connectivity index (χ4n) is 2.14. The monoisotopic (exact) mass is 317 g/mol. The molecule has 1 atom stereocenters. The highest BCUT2D eigenvalue weighted by atomic mass is 19.1. The second-order valence-electron chi connectivity index (χ2n) is 5.12. The molecule has 0 aliphatic carbocycles. The van der Waals surface area contributed by atoms with Crippen molar-refractivity contribution in [2.24, 2.45) is 0 Å². The van der Waals surface area contributed by atoms with Gasteiger partial charge in [0.1, 0.15) is 11.6 Å². The third kappa shape index (κ3) is 5.07. The van der Waals surface area contributed by atoms with Gasteiger partial charge in [-0.05, 0) is 35.7 Å². The molecule has 2 aromatic rings. The highest BCUT2D eigenvalue weighted by Crippen LogP contribution is 2.18. The summed E-state index contributed by atoms with van der Waals surface area (Å²) in [7, 11) is 0. The van der Waals surface area contributed by atoms with E-state index in [1.807, 2.05) is 31.2 Å². The predicted molar refractivity (Wildman–Crippen MR) is 85.7 cm³/mol. The molecule has 122 valence electrons. The van der Waals surface area contributed by atoms with Crippen LogP contribution in [0.2, 0.25) is 0 Å². The summed E-state index contributed by atoms with van der Waals surface area (Å²) in [6, 6.07) is 13.1. The first-order valence-electron chi connectivity index (χ1n) is 7.51. The number of benzene rings is 2. The molecule has 0 saturated heterocycles. The molecule has 1 amide bonds. The lowest BCUT2D eigenvalue weighted by atomic mass is 10.1. The largest absolute Gasteiger partial charge is 0.483 e. The summed E-state index contributed by atoms with van der Waals surface area (Å²) in [5, 5.41) is 12.5. The smallest absolute Gasteiger partial charge is 0.258 e. The summed E-state index contributed by atoms with van der Waals surface area (Å²) in [5.41, 5.74) is 1.58. The molecule has 2 N–H and O–H groups in total. The summed E-state index contributed by atoms with van der Waals surface area (Å²) in [4.78, 5) is 11.8. The summed E-state index contributed by atoms with van der Waals surface area (Å²) < 4.78 is 18.3. The van der Waals surface area contributed by atoms with Gasteiger partial charge >= 0.3 is 0 Å². The van der Waals surface area contributed by atoms with Crippen molar-refractivity contribution >= 4 is 5.91 Å². The Balaban J connectivity index is 1.80. The van der Waals surface area contributed by atoms with Crippen molar-refractivity contribution in [1.29, 1.82) is 0 Å². The number of halogens is 1. The van der Waals surface area contributed by atoms with Crippen LogP contribution in [-0.4, -0.2) is 24.2 Å². The molecule has 4 nitrogen and oxygen atoms in total. The lowest BCUT2D eigenvalue weighted by Crippen LogP contribution is -2.32. The minimum atomic E-state index is -0.887. The van der Waals surface area contributed by atoms with Crippen molar-refractivity contribution in [2.45, 2.75) is 19.4 Å². The number of nitrogens with one attached hydrogen (secondary N) is 1. The number of rotatable bonds is 7. The van der Waals surface area contributed by atoms with E-state index in [2.05, 4.69) is 5.32 Å². The molecule has 0 saturated carbocycles. The third-order valence-corrected chi connectivity index (χ3v) is 3.46. The van der Waals surface area contributed by atoms with E-state index in [0.717, 1.165) is 12.0 Å². The Labute approximate surface area is 134 Å². The number of amides is 1. The molecule has 1 unspecified atom stereocenters. The number of aryl methyl sites for hydroxylation is 1. The quantitative estimate of drug-likeness (QED) is 0.825. The molecule has 0 heterocycles. The van der Waals surface area contributed by atoms with Crippen LogP contribution >= 0.6 is 0 Å². The molecule has 23 heavy (non-hydrogen) atoms. The first-order valence-corrected chi connectivity index (χ1v) is 7.51. The van der Waals surface area contributed by atoms with E-state index in [1.165, 1.54) is 24.3 Å². The number of para-hydroxylation sites is 1. The van der Waals surface area contributed by atoms with Gasteiger partial charge in [0.05, 0.1) is 6.10 Å². The average molecular weight is 317 g/mol. The van der Waals surface area contributed by atoms with E-state index >= 15 is 0 Å². The molecule has 2 aromatic carbocycles. The van der Waals surface area contributed by atoms with Crippen LogP contribution in [-0.2, 0) is 11.2 Å². The maximum Gasteiger partial charge on any atom is 0.258 e. The number of hydrogen-bond acceptors (Lipinski definition) is 3. The number of ether oxygens (including phenoxy) is 1. The minimum absolute atomic E-state index is 0.0449. The van der Waals surface area contributed by atoms with E-state index in [9.17, 15) is 14.3 Å². The number of carbonyl (C=O) groups excluding carboxylic acids is 1.